The number of thiazole rings is 1. The van der Waals surface area contributed by atoms with Gasteiger partial charge in [0.25, 0.3) is 0 Å². The third kappa shape index (κ3) is 8.00. The topological polar surface area (TPSA) is 71.7 Å². The van der Waals surface area contributed by atoms with Gasteiger partial charge in [-0.25, -0.2) is 4.98 Å². The Morgan fingerprint density at radius 1 is 1.37 bits per heavy atom. The smallest absolute Gasteiger partial charge is 0.434 e. The zero-order valence-corrected chi connectivity index (χ0v) is 15.8. The monoisotopic (exact) mass is 404 g/mol. The van der Waals surface area contributed by atoms with E-state index in [-0.39, 0.29) is 0 Å². The number of nitrogens with zero attached hydrogens (tertiary/aromatic N) is 2. The second-order valence-corrected chi connectivity index (χ2v) is 6.49. The average Bonchev–Trinajstić information content (AvgIpc) is 3.29. The molecule has 0 fully saturated rings. The number of ether oxygens (including phenoxy) is 1. The van der Waals surface area contributed by atoms with E-state index < -0.39 is 11.9 Å². The van der Waals surface area contributed by atoms with Crippen LogP contribution in [-0.4, -0.2) is 37.2 Å². The molecule has 0 atom stereocenters. The molecule has 0 aliphatic carbocycles. The zero-order chi connectivity index (χ0) is 19.5. The lowest BCUT2D eigenvalue weighted by Crippen LogP contribution is -2.38. The third-order valence-electron chi connectivity index (χ3n) is 3.36. The first kappa shape index (κ1) is 21.2. The SMILES string of the molecule is CCNC(=NCCCOCc1ccco1)NCCc1nc(C(F)(F)F)cs1. The molecule has 27 heavy (non-hydrogen) atoms. The standard InChI is InChI=1S/C17H23F3N4O2S/c1-2-21-16(22-7-4-9-25-11-13-5-3-10-26-13)23-8-6-15-24-14(12-27-15)17(18,19)20/h3,5,10,12H,2,4,6-9,11H2,1H3,(H2,21,22,23). The second-order valence-electron chi connectivity index (χ2n) is 5.55. The highest BCUT2D eigenvalue weighted by Gasteiger charge is 2.33. The molecule has 2 rings (SSSR count). The second kappa shape index (κ2) is 10.9. The maximum absolute atomic E-state index is 12.5. The van der Waals surface area contributed by atoms with Gasteiger partial charge in [0.15, 0.2) is 11.7 Å². The van der Waals surface area contributed by atoms with Crippen LogP contribution in [0.5, 0.6) is 0 Å². The van der Waals surface area contributed by atoms with Gasteiger partial charge in [0.2, 0.25) is 0 Å². The Morgan fingerprint density at radius 3 is 2.89 bits per heavy atom. The molecule has 2 heterocycles. The number of alkyl halides is 3. The van der Waals surface area contributed by atoms with Gasteiger partial charge < -0.3 is 19.8 Å². The largest absolute Gasteiger partial charge is 0.467 e. The molecule has 10 heteroatoms. The summed E-state index contributed by atoms with van der Waals surface area (Å²) in [5, 5.41) is 7.68. The van der Waals surface area contributed by atoms with Crippen LogP contribution < -0.4 is 10.6 Å². The van der Waals surface area contributed by atoms with Gasteiger partial charge in [-0.05, 0) is 25.5 Å². The average molecular weight is 404 g/mol. The molecule has 0 amide bonds. The van der Waals surface area contributed by atoms with E-state index in [4.69, 9.17) is 9.15 Å². The van der Waals surface area contributed by atoms with Crippen LogP contribution in [0, 0.1) is 0 Å². The van der Waals surface area contributed by atoms with Crippen LogP contribution in [0.1, 0.15) is 29.8 Å². The van der Waals surface area contributed by atoms with Gasteiger partial charge in [0.05, 0.1) is 11.3 Å². The highest BCUT2D eigenvalue weighted by Crippen LogP contribution is 2.29. The molecular weight excluding hydrogens is 381 g/mol. The summed E-state index contributed by atoms with van der Waals surface area (Å²) in [5.74, 6) is 1.40. The summed E-state index contributed by atoms with van der Waals surface area (Å²) in [4.78, 5) is 8.03. The Labute approximate surface area is 159 Å². The van der Waals surface area contributed by atoms with Crippen LogP contribution >= 0.6 is 11.3 Å². The van der Waals surface area contributed by atoms with Crippen molar-refractivity contribution in [2.75, 3.05) is 26.2 Å². The normalized spacial score (nSPS) is 12.4. The fourth-order valence-electron chi connectivity index (χ4n) is 2.11. The molecule has 150 valence electrons. The molecule has 0 aromatic carbocycles. The van der Waals surface area contributed by atoms with E-state index in [0.29, 0.717) is 50.2 Å². The van der Waals surface area contributed by atoms with Crippen molar-refractivity contribution in [1.82, 2.24) is 15.6 Å². The van der Waals surface area contributed by atoms with Crippen molar-refractivity contribution in [3.8, 4) is 0 Å². The molecule has 0 spiro atoms. The van der Waals surface area contributed by atoms with Crippen molar-refractivity contribution in [2.24, 2.45) is 4.99 Å². The molecule has 2 N–H and O–H groups in total. The summed E-state index contributed by atoms with van der Waals surface area (Å²) in [7, 11) is 0. The summed E-state index contributed by atoms with van der Waals surface area (Å²) >= 11 is 1.01. The summed E-state index contributed by atoms with van der Waals surface area (Å²) in [6.45, 7) is 4.65. The number of halogens is 3. The quantitative estimate of drug-likeness (QED) is 0.361. The van der Waals surface area contributed by atoms with Crippen LogP contribution in [0.2, 0.25) is 0 Å². The van der Waals surface area contributed by atoms with Crippen LogP contribution in [0.3, 0.4) is 0 Å². The van der Waals surface area contributed by atoms with Crippen LogP contribution in [0.4, 0.5) is 13.2 Å². The lowest BCUT2D eigenvalue weighted by molar-refractivity contribution is -0.140. The number of aromatic nitrogens is 1. The Kier molecular flexibility index (Phi) is 8.59. The minimum absolute atomic E-state index is 0.400. The van der Waals surface area contributed by atoms with Crippen LogP contribution in [0.25, 0.3) is 0 Å². The maximum atomic E-state index is 12.5. The fraction of sp³-hybridized carbons (Fsp3) is 0.529. The van der Waals surface area contributed by atoms with E-state index in [1.807, 2.05) is 19.1 Å². The first-order valence-corrected chi connectivity index (χ1v) is 9.51. The number of rotatable bonds is 10. The molecule has 0 aliphatic rings. The van der Waals surface area contributed by atoms with E-state index in [9.17, 15) is 13.2 Å². The van der Waals surface area contributed by atoms with E-state index in [1.165, 1.54) is 0 Å². The number of aliphatic imine (C=N–C) groups is 1. The van der Waals surface area contributed by atoms with Crippen LogP contribution in [0.15, 0.2) is 33.2 Å². The zero-order valence-electron chi connectivity index (χ0n) is 15.0. The first-order valence-electron chi connectivity index (χ1n) is 8.63. The van der Waals surface area contributed by atoms with Crippen molar-refractivity contribution in [1.29, 1.82) is 0 Å². The van der Waals surface area contributed by atoms with Crippen molar-refractivity contribution in [3.05, 3.63) is 40.2 Å². The molecule has 6 nitrogen and oxygen atoms in total. The molecule has 0 saturated carbocycles. The summed E-state index contributed by atoms with van der Waals surface area (Å²) < 4.78 is 48.3. The maximum Gasteiger partial charge on any atom is 0.434 e. The minimum atomic E-state index is -4.39. The molecule has 2 aromatic heterocycles. The highest BCUT2D eigenvalue weighted by molar-refractivity contribution is 7.09. The number of hydrogen-bond donors (Lipinski definition) is 2. The number of hydrogen-bond acceptors (Lipinski definition) is 5. The van der Waals surface area contributed by atoms with Gasteiger partial charge in [-0.15, -0.1) is 11.3 Å². The molecule has 2 aromatic rings. The Balaban J connectivity index is 1.66. The van der Waals surface area contributed by atoms with Crippen molar-refractivity contribution in [2.45, 2.75) is 32.5 Å². The van der Waals surface area contributed by atoms with Crippen LogP contribution in [-0.2, 0) is 23.9 Å². The third-order valence-corrected chi connectivity index (χ3v) is 4.27. The first-order chi connectivity index (χ1) is 13.0. The van der Waals surface area contributed by atoms with Gasteiger partial charge in [-0.2, -0.15) is 13.2 Å². The Bertz CT molecular complexity index is 687. The Hall–Kier alpha value is -2.07. The van der Waals surface area contributed by atoms with Gasteiger partial charge in [-0.1, -0.05) is 0 Å². The van der Waals surface area contributed by atoms with Gasteiger partial charge in [0.1, 0.15) is 12.4 Å². The molecule has 0 unspecified atom stereocenters. The number of guanidine groups is 1. The minimum Gasteiger partial charge on any atom is -0.467 e. The number of nitrogens with one attached hydrogen (secondary N) is 2. The van der Waals surface area contributed by atoms with E-state index in [1.54, 1.807) is 6.26 Å². The van der Waals surface area contributed by atoms with E-state index >= 15 is 0 Å². The molecule has 0 aliphatic heterocycles. The lowest BCUT2D eigenvalue weighted by Gasteiger charge is -2.10. The highest BCUT2D eigenvalue weighted by atomic mass is 32.1. The summed E-state index contributed by atoms with van der Waals surface area (Å²) in [6.07, 6.45) is -1.64. The lowest BCUT2D eigenvalue weighted by atomic mass is 10.4. The van der Waals surface area contributed by atoms with Gasteiger partial charge in [0, 0.05) is 38.0 Å². The molecule has 0 radical (unpaired) electrons. The molecular formula is C17H23F3N4O2S. The molecule has 0 bridgehead atoms. The number of furan rings is 1. The fourth-order valence-corrected chi connectivity index (χ4v) is 2.92. The van der Waals surface area contributed by atoms with Crippen molar-refractivity contribution >= 4 is 17.3 Å². The van der Waals surface area contributed by atoms with Gasteiger partial charge in [-0.3, -0.25) is 4.99 Å². The summed E-state index contributed by atoms with van der Waals surface area (Å²) in [5.41, 5.74) is -0.836. The molecule has 0 saturated heterocycles. The Morgan fingerprint density at radius 2 is 2.22 bits per heavy atom. The van der Waals surface area contributed by atoms with Crippen molar-refractivity contribution < 1.29 is 22.3 Å². The van der Waals surface area contributed by atoms with Crippen molar-refractivity contribution in [3.63, 3.8) is 0 Å². The van der Waals surface area contributed by atoms with E-state index in [2.05, 4.69) is 20.6 Å². The predicted molar refractivity (Wildman–Crippen MR) is 97.8 cm³/mol. The summed E-state index contributed by atoms with van der Waals surface area (Å²) in [6, 6.07) is 3.67. The predicted octanol–water partition coefficient (Wildman–Crippen LogP) is 3.46. The van der Waals surface area contributed by atoms with Gasteiger partial charge >= 0.3 is 6.18 Å². The van der Waals surface area contributed by atoms with E-state index in [0.717, 1.165) is 28.9 Å².